The van der Waals surface area contributed by atoms with E-state index in [2.05, 4.69) is 25.6 Å². The van der Waals surface area contributed by atoms with Crippen LogP contribution in [0.5, 0.6) is 0 Å². The van der Waals surface area contributed by atoms with Gasteiger partial charge in [0.2, 0.25) is 11.9 Å². The predicted octanol–water partition coefficient (Wildman–Crippen LogP) is 1.73. The normalized spacial score (nSPS) is 11.2. The molecule has 0 bridgehead atoms. The van der Waals surface area contributed by atoms with Gasteiger partial charge in [0.1, 0.15) is 6.33 Å². The summed E-state index contributed by atoms with van der Waals surface area (Å²) in [6, 6.07) is 0. The molecule has 15 heavy (non-hydrogen) atoms. The number of anilines is 2. The number of nitrogens with zero attached hydrogens (tertiary/aromatic N) is 3. The Hall–Kier alpha value is -1.10. The fourth-order valence-electron chi connectivity index (χ4n) is 0.936. The van der Waals surface area contributed by atoms with Gasteiger partial charge >= 0.3 is 0 Å². The molecule has 0 aromatic carbocycles. The summed E-state index contributed by atoms with van der Waals surface area (Å²) in [7, 11) is 0. The molecule has 0 unspecified atom stereocenters. The first-order valence-electron chi connectivity index (χ1n) is 4.78. The Bertz CT molecular complexity index is 310. The Morgan fingerprint density at radius 2 is 1.93 bits per heavy atom. The molecule has 0 aliphatic heterocycles. The largest absolute Gasteiger partial charge is 0.353 e. The molecule has 0 fully saturated rings. The van der Waals surface area contributed by atoms with Crippen LogP contribution in [0.15, 0.2) is 6.33 Å². The number of rotatable bonds is 4. The minimum absolute atomic E-state index is 0.0644. The van der Waals surface area contributed by atoms with Crippen LogP contribution >= 0.6 is 11.6 Å². The molecule has 0 spiro atoms. The molecule has 6 heteroatoms. The van der Waals surface area contributed by atoms with E-state index in [4.69, 9.17) is 11.6 Å². The standard InChI is InChI=1S/C9H16ClN5/c1-9(2,3)15-8-13-6-12-7(14-8)11-5-4-10/h6H,4-5H2,1-3H3,(H2,11,12,13,14,15). The number of nitrogens with one attached hydrogen (secondary N) is 2. The fraction of sp³-hybridized carbons (Fsp3) is 0.667. The lowest BCUT2D eigenvalue weighted by atomic mass is 10.1. The van der Waals surface area contributed by atoms with Crippen LogP contribution in [0, 0.1) is 0 Å². The maximum absolute atomic E-state index is 5.55. The van der Waals surface area contributed by atoms with Gasteiger partial charge in [0.05, 0.1) is 0 Å². The average Bonchev–Trinajstić information content (AvgIpc) is 2.12. The summed E-state index contributed by atoms with van der Waals surface area (Å²) in [4.78, 5) is 12.2. The highest BCUT2D eigenvalue weighted by Gasteiger charge is 2.11. The van der Waals surface area contributed by atoms with Gasteiger partial charge in [-0.25, -0.2) is 9.97 Å². The Kier molecular flexibility index (Phi) is 4.08. The third-order valence-corrected chi connectivity index (χ3v) is 1.63. The third-order valence-electron chi connectivity index (χ3n) is 1.44. The molecule has 1 rings (SSSR count). The minimum Gasteiger partial charge on any atom is -0.353 e. The Balaban J connectivity index is 2.66. The number of hydrogen-bond acceptors (Lipinski definition) is 5. The van der Waals surface area contributed by atoms with Gasteiger partial charge < -0.3 is 10.6 Å². The number of aromatic nitrogens is 3. The summed E-state index contributed by atoms with van der Waals surface area (Å²) < 4.78 is 0. The molecule has 0 atom stereocenters. The molecule has 0 aliphatic rings. The Morgan fingerprint density at radius 1 is 1.27 bits per heavy atom. The van der Waals surface area contributed by atoms with Crippen molar-refractivity contribution in [1.29, 1.82) is 0 Å². The second kappa shape index (κ2) is 5.11. The van der Waals surface area contributed by atoms with Crippen LogP contribution in [0.1, 0.15) is 20.8 Å². The van der Waals surface area contributed by atoms with Crippen LogP contribution in [-0.4, -0.2) is 32.9 Å². The summed E-state index contributed by atoms with van der Waals surface area (Å²) in [5.74, 6) is 1.63. The summed E-state index contributed by atoms with van der Waals surface area (Å²) >= 11 is 5.55. The van der Waals surface area contributed by atoms with Crippen molar-refractivity contribution in [2.75, 3.05) is 23.1 Å². The van der Waals surface area contributed by atoms with Crippen molar-refractivity contribution in [3.63, 3.8) is 0 Å². The first-order chi connectivity index (χ1) is 7.01. The van der Waals surface area contributed by atoms with Crippen LogP contribution in [0.2, 0.25) is 0 Å². The Labute approximate surface area is 94.7 Å². The van der Waals surface area contributed by atoms with E-state index in [1.54, 1.807) is 0 Å². The molecule has 0 saturated heterocycles. The molecule has 5 nitrogen and oxygen atoms in total. The second-order valence-corrected chi connectivity index (χ2v) is 4.50. The topological polar surface area (TPSA) is 62.7 Å². The first kappa shape index (κ1) is 12.0. The molecule has 84 valence electrons. The van der Waals surface area contributed by atoms with E-state index in [1.165, 1.54) is 6.33 Å². The fourth-order valence-corrected chi connectivity index (χ4v) is 1.03. The molecular formula is C9H16ClN5. The van der Waals surface area contributed by atoms with Crippen LogP contribution in [0.4, 0.5) is 11.9 Å². The van der Waals surface area contributed by atoms with Crippen molar-refractivity contribution < 1.29 is 0 Å². The molecule has 0 aliphatic carbocycles. The monoisotopic (exact) mass is 229 g/mol. The van der Waals surface area contributed by atoms with Crippen LogP contribution in [-0.2, 0) is 0 Å². The van der Waals surface area contributed by atoms with Gasteiger partial charge in [-0.2, -0.15) is 4.98 Å². The Morgan fingerprint density at radius 3 is 2.53 bits per heavy atom. The quantitative estimate of drug-likeness (QED) is 0.770. The lowest BCUT2D eigenvalue weighted by Crippen LogP contribution is -2.27. The number of halogens is 1. The molecular weight excluding hydrogens is 214 g/mol. The highest BCUT2D eigenvalue weighted by atomic mass is 35.5. The summed E-state index contributed by atoms with van der Waals surface area (Å²) in [6.07, 6.45) is 1.47. The summed E-state index contributed by atoms with van der Waals surface area (Å²) in [5.41, 5.74) is -0.0644. The van der Waals surface area contributed by atoms with E-state index in [9.17, 15) is 0 Å². The van der Waals surface area contributed by atoms with Crippen molar-refractivity contribution in [1.82, 2.24) is 15.0 Å². The first-order valence-corrected chi connectivity index (χ1v) is 5.32. The van der Waals surface area contributed by atoms with Crippen molar-refractivity contribution in [3.05, 3.63) is 6.33 Å². The highest BCUT2D eigenvalue weighted by Crippen LogP contribution is 2.09. The van der Waals surface area contributed by atoms with E-state index in [0.29, 0.717) is 24.3 Å². The molecule has 1 aromatic heterocycles. The second-order valence-electron chi connectivity index (χ2n) is 4.12. The lowest BCUT2D eigenvalue weighted by Gasteiger charge is -2.20. The molecule has 0 amide bonds. The SMILES string of the molecule is CC(C)(C)Nc1ncnc(NCCCl)n1. The van der Waals surface area contributed by atoms with E-state index < -0.39 is 0 Å². The van der Waals surface area contributed by atoms with Crippen LogP contribution in [0.25, 0.3) is 0 Å². The summed E-state index contributed by atoms with van der Waals surface area (Å²) in [6.45, 7) is 6.77. The number of alkyl halides is 1. The molecule has 2 N–H and O–H groups in total. The van der Waals surface area contributed by atoms with Crippen LogP contribution in [0.3, 0.4) is 0 Å². The zero-order chi connectivity index (χ0) is 11.3. The lowest BCUT2D eigenvalue weighted by molar-refractivity contribution is 0.625. The smallest absolute Gasteiger partial charge is 0.227 e. The van der Waals surface area contributed by atoms with Crippen molar-refractivity contribution in [3.8, 4) is 0 Å². The highest BCUT2D eigenvalue weighted by molar-refractivity contribution is 6.18. The van der Waals surface area contributed by atoms with Gasteiger partial charge in [0.25, 0.3) is 0 Å². The average molecular weight is 230 g/mol. The zero-order valence-corrected chi connectivity index (χ0v) is 9.97. The molecule has 0 radical (unpaired) electrons. The predicted molar refractivity (Wildman–Crippen MR) is 62.4 cm³/mol. The van der Waals surface area contributed by atoms with Gasteiger partial charge in [0.15, 0.2) is 0 Å². The summed E-state index contributed by atoms with van der Waals surface area (Å²) in [5, 5.41) is 6.15. The molecule has 1 aromatic rings. The maximum Gasteiger partial charge on any atom is 0.227 e. The number of hydrogen-bond donors (Lipinski definition) is 2. The van der Waals surface area contributed by atoms with Gasteiger partial charge in [-0.15, -0.1) is 11.6 Å². The van der Waals surface area contributed by atoms with Gasteiger partial charge in [-0.1, -0.05) is 0 Å². The van der Waals surface area contributed by atoms with Crippen molar-refractivity contribution in [2.45, 2.75) is 26.3 Å². The van der Waals surface area contributed by atoms with Gasteiger partial charge in [0, 0.05) is 18.0 Å². The van der Waals surface area contributed by atoms with Gasteiger partial charge in [-0.3, -0.25) is 0 Å². The maximum atomic E-state index is 5.55. The van der Waals surface area contributed by atoms with E-state index >= 15 is 0 Å². The zero-order valence-electron chi connectivity index (χ0n) is 9.21. The van der Waals surface area contributed by atoms with Crippen molar-refractivity contribution >= 4 is 23.5 Å². The van der Waals surface area contributed by atoms with Gasteiger partial charge in [-0.05, 0) is 20.8 Å². The van der Waals surface area contributed by atoms with E-state index in [0.717, 1.165) is 0 Å². The van der Waals surface area contributed by atoms with Crippen LogP contribution < -0.4 is 10.6 Å². The van der Waals surface area contributed by atoms with E-state index in [-0.39, 0.29) is 5.54 Å². The molecule has 1 heterocycles. The third kappa shape index (κ3) is 4.78. The van der Waals surface area contributed by atoms with Crippen molar-refractivity contribution in [2.24, 2.45) is 0 Å². The van der Waals surface area contributed by atoms with E-state index in [1.807, 2.05) is 20.8 Å². The minimum atomic E-state index is -0.0644. The molecule has 0 saturated carbocycles.